The van der Waals surface area contributed by atoms with Gasteiger partial charge in [0, 0.05) is 24.9 Å². The highest BCUT2D eigenvalue weighted by Crippen LogP contribution is 2.33. The number of imide groups is 1. The normalized spacial score (nSPS) is 13.6. The highest BCUT2D eigenvalue weighted by atomic mass is 35.5. The quantitative estimate of drug-likeness (QED) is 0.444. The number of aryl methyl sites for hydroxylation is 2. The van der Waals surface area contributed by atoms with E-state index in [2.05, 4.69) is 17.9 Å². The summed E-state index contributed by atoms with van der Waals surface area (Å²) in [7, 11) is 4.01. The summed E-state index contributed by atoms with van der Waals surface area (Å²) in [6.07, 6.45) is 1.20. The number of benzene rings is 2. The van der Waals surface area contributed by atoms with E-state index in [1.54, 1.807) is 29.2 Å². The van der Waals surface area contributed by atoms with Crippen LogP contribution in [0.15, 0.2) is 36.4 Å². The van der Waals surface area contributed by atoms with E-state index in [-0.39, 0.29) is 43.0 Å². The molecule has 0 N–H and O–H groups in total. The number of rotatable bonds is 7. The molecular weight excluding hydrogens is 472 g/mol. The smallest absolute Gasteiger partial charge is 0.260 e. The molecule has 2 aromatic carbocycles. The van der Waals surface area contributed by atoms with Crippen LogP contribution in [0.1, 0.15) is 40.7 Å². The van der Waals surface area contributed by atoms with Crippen molar-refractivity contribution in [2.75, 3.05) is 37.0 Å². The Hall–Kier alpha value is -2.81. The maximum absolute atomic E-state index is 13.7. The standard InChI is InChI=1S/C25H28N4O3S.ClH/c1-16-9-10-20-23(17(16)2)26-25(33-20)28(14-6-13-27(3)4)24(32)18-7-5-8-19(15-18)29-21(30)11-12-22(29)31;/h5,7-10,15H,6,11-14H2,1-4H3;1H. The molecule has 3 amide bonds. The molecule has 9 heteroatoms. The maximum Gasteiger partial charge on any atom is 0.260 e. The van der Waals surface area contributed by atoms with Gasteiger partial charge in [0.2, 0.25) is 11.8 Å². The number of anilines is 2. The average Bonchev–Trinajstić information content (AvgIpc) is 3.36. The first-order valence-corrected chi connectivity index (χ1v) is 11.9. The van der Waals surface area contributed by atoms with Gasteiger partial charge in [0.1, 0.15) is 0 Å². The molecule has 0 atom stereocenters. The minimum Gasteiger partial charge on any atom is -0.309 e. The molecule has 0 saturated carbocycles. The van der Waals surface area contributed by atoms with Crippen molar-refractivity contribution in [3.05, 3.63) is 53.1 Å². The molecule has 1 aromatic heterocycles. The summed E-state index contributed by atoms with van der Waals surface area (Å²) in [6, 6.07) is 10.9. The van der Waals surface area contributed by atoms with Gasteiger partial charge in [-0.25, -0.2) is 4.98 Å². The minimum absolute atomic E-state index is 0. The Labute approximate surface area is 209 Å². The number of hydrogen-bond donors (Lipinski definition) is 0. The van der Waals surface area contributed by atoms with E-state index in [4.69, 9.17) is 4.98 Å². The van der Waals surface area contributed by atoms with Crippen molar-refractivity contribution in [2.45, 2.75) is 33.1 Å². The van der Waals surface area contributed by atoms with E-state index in [1.165, 1.54) is 16.2 Å². The molecule has 0 radical (unpaired) electrons. The van der Waals surface area contributed by atoms with E-state index in [9.17, 15) is 14.4 Å². The van der Waals surface area contributed by atoms with Gasteiger partial charge in [-0.05, 0) is 76.3 Å². The fraction of sp³-hybridized carbons (Fsp3) is 0.360. The summed E-state index contributed by atoms with van der Waals surface area (Å²) < 4.78 is 1.04. The fourth-order valence-corrected chi connectivity index (χ4v) is 5.01. The van der Waals surface area contributed by atoms with Crippen molar-refractivity contribution in [3.63, 3.8) is 0 Å². The van der Waals surface area contributed by atoms with Crippen LogP contribution < -0.4 is 9.80 Å². The van der Waals surface area contributed by atoms with Crippen LogP contribution in [0.4, 0.5) is 10.8 Å². The molecule has 2 heterocycles. The summed E-state index contributed by atoms with van der Waals surface area (Å²) in [5, 5.41) is 0.654. The number of fused-ring (bicyclic) bond motifs is 1. The third kappa shape index (κ3) is 5.14. The summed E-state index contributed by atoms with van der Waals surface area (Å²) >= 11 is 1.50. The van der Waals surface area contributed by atoms with Crippen molar-refractivity contribution >= 4 is 62.5 Å². The zero-order valence-electron chi connectivity index (χ0n) is 19.8. The molecule has 34 heavy (non-hydrogen) atoms. The Morgan fingerprint density at radius 3 is 2.44 bits per heavy atom. The molecule has 1 saturated heterocycles. The molecule has 180 valence electrons. The van der Waals surface area contributed by atoms with Gasteiger partial charge >= 0.3 is 0 Å². The predicted octanol–water partition coefficient (Wildman–Crippen LogP) is 4.59. The van der Waals surface area contributed by atoms with E-state index >= 15 is 0 Å². The molecule has 1 aliphatic heterocycles. The van der Waals surface area contributed by atoms with Gasteiger partial charge in [0.15, 0.2) is 5.13 Å². The van der Waals surface area contributed by atoms with E-state index in [0.29, 0.717) is 22.9 Å². The first kappa shape index (κ1) is 25.8. The lowest BCUT2D eigenvalue weighted by atomic mass is 10.1. The van der Waals surface area contributed by atoms with Gasteiger partial charge < -0.3 is 4.90 Å². The van der Waals surface area contributed by atoms with Gasteiger partial charge in [0.25, 0.3) is 5.91 Å². The van der Waals surface area contributed by atoms with Crippen molar-refractivity contribution in [2.24, 2.45) is 0 Å². The molecule has 0 aliphatic carbocycles. The Morgan fingerprint density at radius 2 is 1.76 bits per heavy atom. The molecular formula is C25H29ClN4O3S. The molecule has 3 aromatic rings. The molecule has 0 bridgehead atoms. The highest BCUT2D eigenvalue weighted by Gasteiger charge is 2.31. The van der Waals surface area contributed by atoms with Crippen molar-refractivity contribution in [1.82, 2.24) is 9.88 Å². The van der Waals surface area contributed by atoms with Crippen LogP contribution in [0, 0.1) is 13.8 Å². The molecule has 1 fully saturated rings. The van der Waals surface area contributed by atoms with Crippen molar-refractivity contribution in [1.29, 1.82) is 0 Å². The van der Waals surface area contributed by atoms with Crippen LogP contribution in [0.25, 0.3) is 10.2 Å². The molecule has 7 nitrogen and oxygen atoms in total. The zero-order valence-corrected chi connectivity index (χ0v) is 21.5. The second-order valence-corrected chi connectivity index (χ2v) is 9.65. The number of carbonyl (C=O) groups is 3. The maximum atomic E-state index is 13.7. The monoisotopic (exact) mass is 500 g/mol. The second kappa shape index (κ2) is 10.6. The number of nitrogens with zero attached hydrogens (tertiary/aromatic N) is 4. The van der Waals surface area contributed by atoms with Crippen LogP contribution in [0.2, 0.25) is 0 Å². The Bertz CT molecular complexity index is 1220. The molecule has 0 spiro atoms. The lowest BCUT2D eigenvalue weighted by Gasteiger charge is -2.22. The fourth-order valence-electron chi connectivity index (χ4n) is 3.96. The average molecular weight is 501 g/mol. The minimum atomic E-state index is -0.232. The van der Waals surface area contributed by atoms with Crippen LogP contribution >= 0.6 is 23.7 Å². The van der Waals surface area contributed by atoms with Gasteiger partial charge in [-0.2, -0.15) is 0 Å². The second-order valence-electron chi connectivity index (χ2n) is 8.64. The predicted molar refractivity (Wildman–Crippen MR) is 139 cm³/mol. The number of amides is 3. The first-order valence-electron chi connectivity index (χ1n) is 11.1. The zero-order chi connectivity index (χ0) is 23.7. The van der Waals surface area contributed by atoms with E-state index < -0.39 is 0 Å². The molecule has 4 rings (SSSR count). The molecule has 1 aliphatic rings. The van der Waals surface area contributed by atoms with Crippen LogP contribution in [0.3, 0.4) is 0 Å². The Morgan fingerprint density at radius 1 is 1.06 bits per heavy atom. The van der Waals surface area contributed by atoms with Gasteiger partial charge in [-0.3, -0.25) is 24.2 Å². The van der Waals surface area contributed by atoms with Crippen LogP contribution in [-0.4, -0.2) is 54.8 Å². The van der Waals surface area contributed by atoms with Crippen molar-refractivity contribution < 1.29 is 14.4 Å². The third-order valence-electron chi connectivity index (χ3n) is 5.94. The number of thiazole rings is 1. The van der Waals surface area contributed by atoms with Gasteiger partial charge in [-0.1, -0.05) is 23.5 Å². The lowest BCUT2D eigenvalue weighted by molar-refractivity contribution is -0.121. The first-order chi connectivity index (χ1) is 15.8. The highest BCUT2D eigenvalue weighted by molar-refractivity contribution is 7.22. The summed E-state index contributed by atoms with van der Waals surface area (Å²) in [5.41, 5.74) is 4.07. The molecule has 0 unspecified atom stereocenters. The summed E-state index contributed by atoms with van der Waals surface area (Å²) in [6.45, 7) is 5.46. The van der Waals surface area contributed by atoms with Gasteiger partial charge in [-0.15, -0.1) is 12.4 Å². The van der Waals surface area contributed by atoms with Crippen LogP contribution in [0.5, 0.6) is 0 Å². The number of carbonyl (C=O) groups excluding carboxylic acids is 3. The number of hydrogen-bond acceptors (Lipinski definition) is 6. The Kier molecular flexibility index (Phi) is 8.07. The van der Waals surface area contributed by atoms with Crippen molar-refractivity contribution in [3.8, 4) is 0 Å². The number of aromatic nitrogens is 1. The summed E-state index contributed by atoms with van der Waals surface area (Å²) in [4.78, 5) is 47.8. The number of halogens is 1. The Balaban J connectivity index is 0.00000324. The van der Waals surface area contributed by atoms with Crippen LogP contribution in [-0.2, 0) is 9.59 Å². The third-order valence-corrected chi connectivity index (χ3v) is 6.98. The SMILES string of the molecule is Cc1ccc2sc(N(CCCN(C)C)C(=O)c3cccc(N4C(=O)CCC4=O)c3)nc2c1C.Cl. The lowest BCUT2D eigenvalue weighted by Crippen LogP contribution is -2.34. The largest absolute Gasteiger partial charge is 0.309 e. The summed E-state index contributed by atoms with van der Waals surface area (Å²) in [5.74, 6) is -0.656. The van der Waals surface area contributed by atoms with Gasteiger partial charge in [0.05, 0.1) is 15.9 Å². The van der Waals surface area contributed by atoms with E-state index in [1.807, 2.05) is 27.1 Å². The topological polar surface area (TPSA) is 73.8 Å². The van der Waals surface area contributed by atoms with E-state index in [0.717, 1.165) is 34.3 Å².